The zero-order chi connectivity index (χ0) is 8.06. The molecule has 0 bridgehead atoms. The fraction of sp³-hybridized carbons (Fsp3) is 1.00. The molecule has 1 saturated heterocycles. The predicted octanol–water partition coefficient (Wildman–Crippen LogP) is 1.01. The molecule has 0 aromatic carbocycles. The van der Waals surface area contributed by atoms with E-state index in [-0.39, 0.29) is 0 Å². The second kappa shape index (κ2) is 2.20. The summed E-state index contributed by atoms with van der Waals surface area (Å²) in [6.07, 6.45) is 5.25. The predicted molar refractivity (Wildman–Crippen MR) is 44.3 cm³/mol. The van der Waals surface area contributed by atoms with Crippen molar-refractivity contribution in [2.75, 3.05) is 21.1 Å². The average Bonchev–Trinajstić information content (AvgIpc) is 2.60. The minimum absolute atomic E-state index is 0.601. The SMILES string of the molecule is C[N+](C)(C)[C@H]1CCC[C@@H]2O[C@@H]21. The van der Waals surface area contributed by atoms with Crippen LogP contribution < -0.4 is 0 Å². The van der Waals surface area contributed by atoms with E-state index in [4.69, 9.17) is 4.74 Å². The first-order valence-electron chi connectivity index (χ1n) is 4.55. The topological polar surface area (TPSA) is 12.5 Å². The van der Waals surface area contributed by atoms with Gasteiger partial charge in [-0.15, -0.1) is 0 Å². The number of hydrogen-bond acceptors (Lipinski definition) is 1. The first kappa shape index (κ1) is 7.56. The molecule has 2 nitrogen and oxygen atoms in total. The van der Waals surface area contributed by atoms with Gasteiger partial charge in [-0.2, -0.15) is 0 Å². The highest BCUT2D eigenvalue weighted by Gasteiger charge is 2.52. The van der Waals surface area contributed by atoms with E-state index in [1.165, 1.54) is 19.3 Å². The van der Waals surface area contributed by atoms with Crippen LogP contribution in [0.1, 0.15) is 19.3 Å². The molecular formula is C9H18NO+. The van der Waals surface area contributed by atoms with Crippen LogP contribution >= 0.6 is 0 Å². The third kappa shape index (κ3) is 1.30. The second-order valence-electron chi connectivity index (χ2n) is 4.75. The van der Waals surface area contributed by atoms with E-state index in [0.29, 0.717) is 12.2 Å². The molecular weight excluding hydrogens is 138 g/mol. The number of fused-ring (bicyclic) bond motifs is 1. The monoisotopic (exact) mass is 156 g/mol. The average molecular weight is 156 g/mol. The lowest BCUT2D eigenvalue weighted by Gasteiger charge is -2.34. The van der Waals surface area contributed by atoms with Gasteiger partial charge in [0.2, 0.25) is 0 Å². The highest BCUT2D eigenvalue weighted by atomic mass is 16.6. The summed E-state index contributed by atoms with van der Waals surface area (Å²) in [7, 11) is 6.82. The Hall–Kier alpha value is -0.0800. The van der Waals surface area contributed by atoms with E-state index >= 15 is 0 Å². The molecule has 0 aromatic heterocycles. The molecule has 0 aromatic rings. The van der Waals surface area contributed by atoms with Gasteiger partial charge in [0.15, 0.2) is 0 Å². The largest absolute Gasteiger partial charge is 0.363 e. The molecule has 1 aliphatic carbocycles. The fourth-order valence-electron chi connectivity index (χ4n) is 2.25. The van der Waals surface area contributed by atoms with Crippen molar-refractivity contribution in [2.24, 2.45) is 0 Å². The first-order valence-corrected chi connectivity index (χ1v) is 4.55. The number of ether oxygens (including phenoxy) is 1. The van der Waals surface area contributed by atoms with Gasteiger partial charge >= 0.3 is 0 Å². The molecule has 11 heavy (non-hydrogen) atoms. The minimum atomic E-state index is 0.601. The normalized spacial score (nSPS) is 43.4. The molecule has 3 atom stereocenters. The molecule has 1 saturated carbocycles. The zero-order valence-electron chi connectivity index (χ0n) is 7.71. The summed E-state index contributed by atoms with van der Waals surface area (Å²) in [5.41, 5.74) is 0. The number of nitrogens with zero attached hydrogens (tertiary/aromatic N) is 1. The van der Waals surface area contributed by atoms with E-state index in [9.17, 15) is 0 Å². The van der Waals surface area contributed by atoms with Gasteiger partial charge < -0.3 is 9.22 Å². The quantitative estimate of drug-likeness (QED) is 0.408. The molecule has 2 fully saturated rings. The molecule has 0 spiro atoms. The standard InChI is InChI=1S/C9H18NO/c1-10(2,3)7-5-4-6-8-9(7)11-8/h7-9H,4-6H2,1-3H3/q+1/t7-,8-,9+/m0/s1. The van der Waals surface area contributed by atoms with Crippen LogP contribution in [0.3, 0.4) is 0 Å². The fourth-order valence-corrected chi connectivity index (χ4v) is 2.25. The van der Waals surface area contributed by atoms with Gasteiger partial charge in [-0.1, -0.05) is 0 Å². The third-order valence-electron chi connectivity index (χ3n) is 2.98. The van der Waals surface area contributed by atoms with Gasteiger partial charge in [0.25, 0.3) is 0 Å². The van der Waals surface area contributed by atoms with E-state index in [1.54, 1.807) is 0 Å². The van der Waals surface area contributed by atoms with Crippen molar-refractivity contribution in [1.29, 1.82) is 0 Å². The van der Waals surface area contributed by atoms with Gasteiger partial charge in [0.1, 0.15) is 12.1 Å². The minimum Gasteiger partial charge on any atom is -0.363 e. The van der Waals surface area contributed by atoms with Crippen LogP contribution in [-0.4, -0.2) is 43.9 Å². The maximum Gasteiger partial charge on any atom is 0.136 e. The van der Waals surface area contributed by atoms with E-state index in [1.807, 2.05) is 0 Å². The summed E-state index contributed by atoms with van der Waals surface area (Å²) in [4.78, 5) is 0. The molecule has 0 unspecified atom stereocenters. The molecule has 1 heterocycles. The molecule has 1 aliphatic heterocycles. The number of rotatable bonds is 1. The van der Waals surface area contributed by atoms with Crippen LogP contribution in [0, 0.1) is 0 Å². The Morgan fingerprint density at radius 3 is 2.45 bits per heavy atom. The van der Waals surface area contributed by atoms with Crippen LogP contribution in [-0.2, 0) is 4.74 Å². The van der Waals surface area contributed by atoms with Crippen molar-refractivity contribution in [1.82, 2.24) is 0 Å². The van der Waals surface area contributed by atoms with Crippen LogP contribution in [0.4, 0.5) is 0 Å². The number of likely N-dealkylation sites (N-methyl/N-ethyl adjacent to an activating group) is 1. The Labute approximate surface area is 68.7 Å². The smallest absolute Gasteiger partial charge is 0.136 e. The Morgan fingerprint density at radius 1 is 1.18 bits per heavy atom. The van der Waals surface area contributed by atoms with Crippen molar-refractivity contribution in [3.05, 3.63) is 0 Å². The second-order valence-corrected chi connectivity index (χ2v) is 4.75. The highest BCUT2D eigenvalue weighted by Crippen LogP contribution is 2.39. The first-order chi connectivity index (χ1) is 5.09. The Morgan fingerprint density at radius 2 is 1.91 bits per heavy atom. The van der Waals surface area contributed by atoms with Crippen molar-refractivity contribution in [3.8, 4) is 0 Å². The summed E-state index contributed by atoms with van der Waals surface area (Å²) in [5, 5.41) is 0. The van der Waals surface area contributed by atoms with Gasteiger partial charge in [-0.05, 0) is 12.8 Å². The number of quaternary nitrogens is 1. The molecule has 2 rings (SSSR count). The van der Waals surface area contributed by atoms with Gasteiger partial charge in [0.05, 0.1) is 27.2 Å². The van der Waals surface area contributed by atoms with Crippen molar-refractivity contribution in [3.63, 3.8) is 0 Å². The highest BCUT2D eigenvalue weighted by molar-refractivity contribution is 4.95. The lowest BCUT2D eigenvalue weighted by molar-refractivity contribution is -0.897. The van der Waals surface area contributed by atoms with Crippen molar-refractivity contribution < 1.29 is 9.22 Å². The maximum absolute atomic E-state index is 5.60. The van der Waals surface area contributed by atoms with E-state index in [0.717, 1.165) is 10.5 Å². The van der Waals surface area contributed by atoms with E-state index < -0.39 is 0 Å². The molecule has 64 valence electrons. The lowest BCUT2D eigenvalue weighted by Crippen LogP contribution is -2.49. The number of epoxide rings is 1. The zero-order valence-corrected chi connectivity index (χ0v) is 7.71. The summed E-state index contributed by atoms with van der Waals surface area (Å²) >= 11 is 0. The summed E-state index contributed by atoms with van der Waals surface area (Å²) in [6, 6.07) is 0.758. The van der Waals surface area contributed by atoms with Gasteiger partial charge in [0, 0.05) is 6.42 Å². The summed E-state index contributed by atoms with van der Waals surface area (Å²) in [6.45, 7) is 0. The van der Waals surface area contributed by atoms with Crippen molar-refractivity contribution in [2.45, 2.75) is 37.5 Å². The van der Waals surface area contributed by atoms with Crippen LogP contribution in [0.25, 0.3) is 0 Å². The third-order valence-corrected chi connectivity index (χ3v) is 2.98. The maximum atomic E-state index is 5.60. The number of hydrogen-bond donors (Lipinski definition) is 0. The molecule has 0 N–H and O–H groups in total. The van der Waals surface area contributed by atoms with Crippen LogP contribution in [0.5, 0.6) is 0 Å². The van der Waals surface area contributed by atoms with Crippen LogP contribution in [0.15, 0.2) is 0 Å². The summed E-state index contributed by atoms with van der Waals surface area (Å²) < 4.78 is 6.67. The Balaban J connectivity index is 2.03. The molecule has 0 radical (unpaired) electrons. The Kier molecular flexibility index (Phi) is 1.52. The molecule has 2 aliphatic rings. The van der Waals surface area contributed by atoms with Crippen molar-refractivity contribution >= 4 is 0 Å². The summed E-state index contributed by atoms with van der Waals surface area (Å²) in [5.74, 6) is 0. The van der Waals surface area contributed by atoms with Gasteiger partial charge in [-0.25, -0.2) is 0 Å². The molecule has 2 heteroatoms. The van der Waals surface area contributed by atoms with Crippen LogP contribution in [0.2, 0.25) is 0 Å². The van der Waals surface area contributed by atoms with Gasteiger partial charge in [-0.3, -0.25) is 0 Å². The lowest BCUT2D eigenvalue weighted by atomic mass is 9.94. The van der Waals surface area contributed by atoms with E-state index in [2.05, 4.69) is 21.1 Å². The molecule has 0 amide bonds. The Bertz CT molecular complexity index is 161.